The minimum absolute atomic E-state index is 0.134. The highest BCUT2D eigenvalue weighted by Gasteiger charge is 2.12. The Hall–Kier alpha value is -2.60. The third-order valence-corrected chi connectivity index (χ3v) is 4.82. The van der Waals surface area contributed by atoms with Crippen LogP contribution in [0.3, 0.4) is 0 Å². The molecule has 130 valence electrons. The molecule has 3 aromatic rings. The monoisotopic (exact) mass is 355 g/mol. The lowest BCUT2D eigenvalue weighted by Crippen LogP contribution is -2.13. The van der Waals surface area contributed by atoms with Crippen molar-refractivity contribution in [2.24, 2.45) is 7.05 Å². The molecule has 25 heavy (non-hydrogen) atoms. The topological polar surface area (TPSA) is 56.1 Å². The highest BCUT2D eigenvalue weighted by molar-refractivity contribution is 7.12. The summed E-state index contributed by atoms with van der Waals surface area (Å²) in [6, 6.07) is 9.82. The predicted octanol–water partition coefficient (Wildman–Crippen LogP) is 4.24. The fourth-order valence-electron chi connectivity index (χ4n) is 2.60. The number of carbonyl (C=O) groups is 1. The molecule has 5 nitrogen and oxygen atoms in total. The molecule has 0 spiro atoms. The average molecular weight is 355 g/mol. The van der Waals surface area contributed by atoms with Gasteiger partial charge in [0.15, 0.2) is 0 Å². The first-order chi connectivity index (χ1) is 11.9. The first-order valence-corrected chi connectivity index (χ1v) is 8.90. The van der Waals surface area contributed by atoms with Crippen molar-refractivity contribution < 1.29 is 9.53 Å². The molecule has 0 radical (unpaired) electrons. The molecule has 1 amide bonds. The Morgan fingerprint density at radius 2 is 2.04 bits per heavy atom. The highest BCUT2D eigenvalue weighted by Crippen LogP contribution is 2.22. The van der Waals surface area contributed by atoms with Gasteiger partial charge in [0.25, 0.3) is 5.91 Å². The predicted molar refractivity (Wildman–Crippen MR) is 100 cm³/mol. The van der Waals surface area contributed by atoms with Gasteiger partial charge in [0.1, 0.15) is 18.2 Å². The van der Waals surface area contributed by atoms with Gasteiger partial charge in [-0.2, -0.15) is 5.10 Å². The summed E-state index contributed by atoms with van der Waals surface area (Å²) in [6.07, 6.45) is 0. The zero-order valence-electron chi connectivity index (χ0n) is 14.8. The summed E-state index contributed by atoms with van der Waals surface area (Å²) in [5.74, 6) is 1.42. The molecule has 1 aromatic carbocycles. The lowest BCUT2D eigenvalue weighted by atomic mass is 10.1. The second kappa shape index (κ2) is 7.11. The maximum atomic E-state index is 12.4. The van der Waals surface area contributed by atoms with Crippen LogP contribution in [0.4, 0.5) is 5.82 Å². The first-order valence-electron chi connectivity index (χ1n) is 8.02. The van der Waals surface area contributed by atoms with Crippen molar-refractivity contribution in [2.45, 2.75) is 27.4 Å². The molecule has 0 bridgehead atoms. The van der Waals surface area contributed by atoms with Crippen LogP contribution in [0.15, 0.2) is 35.7 Å². The zero-order chi connectivity index (χ0) is 18.0. The number of rotatable bonds is 5. The van der Waals surface area contributed by atoms with Crippen molar-refractivity contribution in [1.29, 1.82) is 0 Å². The molecule has 2 heterocycles. The van der Waals surface area contributed by atoms with Gasteiger partial charge in [-0.3, -0.25) is 9.48 Å². The van der Waals surface area contributed by atoms with Crippen LogP contribution >= 0.6 is 11.3 Å². The SMILES string of the molecule is Cc1ccc(OCc2csc(C(=O)Nc3cc(C)nn3C)c2)c(C)c1. The molecule has 0 saturated carbocycles. The number of carbonyl (C=O) groups excluding carboxylic acids is 1. The van der Waals surface area contributed by atoms with Crippen molar-refractivity contribution in [1.82, 2.24) is 9.78 Å². The van der Waals surface area contributed by atoms with Gasteiger partial charge in [0, 0.05) is 18.7 Å². The molecule has 0 saturated heterocycles. The van der Waals surface area contributed by atoms with Crippen LogP contribution in [0.1, 0.15) is 32.1 Å². The summed E-state index contributed by atoms with van der Waals surface area (Å²) < 4.78 is 7.53. The molecule has 0 aliphatic heterocycles. The standard InChI is InChI=1S/C19H21N3O2S/c1-12-5-6-16(13(2)7-12)24-10-15-9-17(25-11-15)19(23)20-18-8-14(3)21-22(18)4/h5-9,11H,10H2,1-4H3,(H,20,23). The van der Waals surface area contributed by atoms with E-state index in [0.29, 0.717) is 17.3 Å². The second-order valence-electron chi connectivity index (χ2n) is 6.13. The van der Waals surface area contributed by atoms with E-state index in [4.69, 9.17) is 4.74 Å². The van der Waals surface area contributed by atoms with Crippen molar-refractivity contribution >= 4 is 23.1 Å². The number of hydrogen-bond donors (Lipinski definition) is 1. The number of aromatic nitrogens is 2. The minimum atomic E-state index is -0.134. The normalized spacial score (nSPS) is 10.7. The number of anilines is 1. The van der Waals surface area contributed by atoms with Gasteiger partial charge in [0.05, 0.1) is 10.6 Å². The summed E-state index contributed by atoms with van der Waals surface area (Å²) in [6.45, 7) is 6.43. The maximum absolute atomic E-state index is 12.4. The number of hydrogen-bond acceptors (Lipinski definition) is 4. The summed E-state index contributed by atoms with van der Waals surface area (Å²) in [7, 11) is 1.81. The molecule has 1 N–H and O–H groups in total. The van der Waals surface area contributed by atoms with E-state index in [1.807, 2.05) is 43.5 Å². The van der Waals surface area contributed by atoms with Crippen molar-refractivity contribution in [3.63, 3.8) is 0 Å². The Bertz CT molecular complexity index is 911. The molecule has 0 aliphatic rings. The third-order valence-electron chi connectivity index (χ3n) is 3.85. The molecule has 3 rings (SSSR count). The van der Waals surface area contributed by atoms with Gasteiger partial charge in [-0.05, 0) is 43.8 Å². The maximum Gasteiger partial charge on any atom is 0.266 e. The van der Waals surface area contributed by atoms with E-state index in [9.17, 15) is 4.79 Å². The van der Waals surface area contributed by atoms with Crippen molar-refractivity contribution in [3.05, 3.63) is 63.0 Å². The Labute approximate surface area is 151 Å². The van der Waals surface area contributed by atoms with E-state index in [0.717, 1.165) is 22.6 Å². The Balaban J connectivity index is 1.63. The summed E-state index contributed by atoms with van der Waals surface area (Å²) in [4.78, 5) is 13.0. The fourth-order valence-corrected chi connectivity index (χ4v) is 3.39. The van der Waals surface area contributed by atoms with Crippen LogP contribution in [-0.4, -0.2) is 15.7 Å². The van der Waals surface area contributed by atoms with E-state index < -0.39 is 0 Å². The quantitative estimate of drug-likeness (QED) is 0.745. The number of ether oxygens (including phenoxy) is 1. The van der Waals surface area contributed by atoms with Gasteiger partial charge >= 0.3 is 0 Å². The van der Waals surface area contributed by atoms with E-state index in [1.165, 1.54) is 16.9 Å². The lowest BCUT2D eigenvalue weighted by molar-refractivity contribution is 0.102. The van der Waals surface area contributed by atoms with Gasteiger partial charge in [-0.15, -0.1) is 11.3 Å². The fraction of sp³-hybridized carbons (Fsp3) is 0.263. The van der Waals surface area contributed by atoms with Gasteiger partial charge in [-0.1, -0.05) is 17.7 Å². The summed E-state index contributed by atoms with van der Waals surface area (Å²) in [5.41, 5.74) is 4.17. The van der Waals surface area contributed by atoms with E-state index in [2.05, 4.69) is 23.4 Å². The van der Waals surface area contributed by atoms with Gasteiger partial charge < -0.3 is 10.1 Å². The summed E-state index contributed by atoms with van der Waals surface area (Å²) in [5, 5.41) is 9.06. The third kappa shape index (κ3) is 4.09. The smallest absolute Gasteiger partial charge is 0.266 e. The molecule has 0 aliphatic carbocycles. The highest BCUT2D eigenvalue weighted by atomic mass is 32.1. The van der Waals surface area contributed by atoms with Crippen LogP contribution in [0, 0.1) is 20.8 Å². The molecular formula is C19H21N3O2S. The molecular weight excluding hydrogens is 334 g/mol. The Morgan fingerprint density at radius 1 is 1.24 bits per heavy atom. The lowest BCUT2D eigenvalue weighted by Gasteiger charge is -2.08. The first kappa shape index (κ1) is 17.2. The van der Waals surface area contributed by atoms with Crippen molar-refractivity contribution in [3.8, 4) is 5.75 Å². The van der Waals surface area contributed by atoms with Gasteiger partial charge in [0.2, 0.25) is 0 Å². The van der Waals surface area contributed by atoms with Crippen molar-refractivity contribution in [2.75, 3.05) is 5.32 Å². The molecule has 0 atom stereocenters. The summed E-state index contributed by atoms with van der Waals surface area (Å²) >= 11 is 1.41. The number of aryl methyl sites for hydroxylation is 4. The zero-order valence-corrected chi connectivity index (χ0v) is 15.6. The molecule has 2 aromatic heterocycles. The van der Waals surface area contributed by atoms with Crippen LogP contribution in [0.2, 0.25) is 0 Å². The van der Waals surface area contributed by atoms with E-state index in [-0.39, 0.29) is 5.91 Å². The average Bonchev–Trinajstić information content (AvgIpc) is 3.13. The minimum Gasteiger partial charge on any atom is -0.489 e. The second-order valence-corrected chi connectivity index (χ2v) is 7.04. The van der Waals surface area contributed by atoms with Crippen LogP contribution in [0.5, 0.6) is 5.75 Å². The number of amides is 1. The molecule has 0 fully saturated rings. The number of nitrogens with one attached hydrogen (secondary N) is 1. The van der Waals surface area contributed by atoms with Gasteiger partial charge in [-0.25, -0.2) is 0 Å². The molecule has 6 heteroatoms. The largest absolute Gasteiger partial charge is 0.489 e. The van der Waals surface area contributed by atoms with Crippen LogP contribution < -0.4 is 10.1 Å². The number of thiophene rings is 1. The van der Waals surface area contributed by atoms with E-state index >= 15 is 0 Å². The number of benzene rings is 1. The van der Waals surface area contributed by atoms with E-state index in [1.54, 1.807) is 11.7 Å². The Kier molecular flexibility index (Phi) is 4.90. The Morgan fingerprint density at radius 3 is 2.72 bits per heavy atom. The molecule has 0 unspecified atom stereocenters. The van der Waals surface area contributed by atoms with Crippen LogP contribution in [-0.2, 0) is 13.7 Å². The number of nitrogens with zero attached hydrogens (tertiary/aromatic N) is 2. The van der Waals surface area contributed by atoms with Crippen LogP contribution in [0.25, 0.3) is 0 Å².